The topological polar surface area (TPSA) is 58.6 Å². The number of nitrogens with one attached hydrogen (secondary N) is 1. The number of ether oxygens (including phenoxy) is 1. The molecule has 1 aromatic carbocycles. The Hall–Kier alpha value is -1.26. The normalized spacial score (nSPS) is 10.2. The van der Waals surface area contributed by atoms with Crippen molar-refractivity contribution in [2.45, 2.75) is 19.4 Å². The number of phenolic OH excluding ortho intramolecular Hbond substituents is 1. The second kappa shape index (κ2) is 7.14. The van der Waals surface area contributed by atoms with E-state index >= 15 is 0 Å². The quantitative estimate of drug-likeness (QED) is 0.605. The molecule has 0 aliphatic carbocycles. The molecule has 0 amide bonds. The highest BCUT2D eigenvalue weighted by atomic mass is 35.5. The molecule has 0 fully saturated rings. The summed E-state index contributed by atoms with van der Waals surface area (Å²) in [5, 5.41) is 13.1. The number of hydrogen-bond acceptors (Lipinski definition) is 4. The molecule has 0 aromatic heterocycles. The lowest BCUT2D eigenvalue weighted by atomic mass is 10.2. The molecule has 17 heavy (non-hydrogen) atoms. The van der Waals surface area contributed by atoms with Gasteiger partial charge in [0.25, 0.3) is 0 Å². The highest BCUT2D eigenvalue weighted by Gasteiger charge is 2.04. The Bertz CT molecular complexity index is 382. The lowest BCUT2D eigenvalue weighted by Crippen LogP contribution is -2.16. The van der Waals surface area contributed by atoms with Gasteiger partial charge in [0, 0.05) is 18.5 Å². The van der Waals surface area contributed by atoms with Gasteiger partial charge in [0.2, 0.25) is 0 Å². The van der Waals surface area contributed by atoms with E-state index in [1.165, 1.54) is 7.11 Å². The number of carbonyl (C=O) groups excluding carboxylic acids is 1. The molecule has 0 spiro atoms. The van der Waals surface area contributed by atoms with Crippen molar-refractivity contribution < 1.29 is 14.6 Å². The second-order valence-corrected chi connectivity index (χ2v) is 4.01. The van der Waals surface area contributed by atoms with Crippen LogP contribution in [0.1, 0.15) is 18.4 Å². The molecule has 0 saturated carbocycles. The van der Waals surface area contributed by atoms with E-state index in [0.29, 0.717) is 31.0 Å². The smallest absolute Gasteiger partial charge is 0.305 e. The fourth-order valence-electron chi connectivity index (χ4n) is 1.39. The number of rotatable bonds is 6. The summed E-state index contributed by atoms with van der Waals surface area (Å²) >= 11 is 5.78. The van der Waals surface area contributed by atoms with Gasteiger partial charge in [0.1, 0.15) is 5.75 Å². The van der Waals surface area contributed by atoms with Crippen LogP contribution in [0.25, 0.3) is 0 Å². The Balaban J connectivity index is 2.27. The van der Waals surface area contributed by atoms with Gasteiger partial charge in [0.05, 0.1) is 12.1 Å². The van der Waals surface area contributed by atoms with Crippen molar-refractivity contribution in [1.82, 2.24) is 5.32 Å². The number of carbonyl (C=O) groups is 1. The van der Waals surface area contributed by atoms with Crippen molar-refractivity contribution in [3.63, 3.8) is 0 Å². The molecule has 0 saturated heterocycles. The van der Waals surface area contributed by atoms with E-state index in [4.69, 9.17) is 11.6 Å². The predicted octanol–water partition coefficient (Wildman–Crippen LogP) is 2.09. The summed E-state index contributed by atoms with van der Waals surface area (Å²) in [4.78, 5) is 10.8. The van der Waals surface area contributed by atoms with E-state index in [2.05, 4.69) is 10.1 Å². The zero-order valence-corrected chi connectivity index (χ0v) is 10.5. The van der Waals surface area contributed by atoms with E-state index in [1.54, 1.807) is 18.2 Å². The van der Waals surface area contributed by atoms with Crippen LogP contribution in [-0.2, 0) is 16.1 Å². The maximum absolute atomic E-state index is 10.8. The average molecular weight is 258 g/mol. The summed E-state index contributed by atoms with van der Waals surface area (Å²) in [5.74, 6) is -0.105. The number of methoxy groups -OCH3 is 1. The molecular weight excluding hydrogens is 242 g/mol. The third-order valence-corrected chi connectivity index (χ3v) is 2.65. The standard InChI is InChI=1S/C12H16ClNO3/c1-17-11(15)6-3-7-14-8-9-4-2-5-10(13)12(9)16/h2,4-5,14,16H,3,6-8H2,1H3. The summed E-state index contributed by atoms with van der Waals surface area (Å²) in [6, 6.07) is 5.22. The number of hydrogen-bond donors (Lipinski definition) is 2. The van der Waals surface area contributed by atoms with E-state index in [1.807, 2.05) is 0 Å². The number of esters is 1. The first-order chi connectivity index (χ1) is 8.15. The van der Waals surface area contributed by atoms with E-state index < -0.39 is 0 Å². The third kappa shape index (κ3) is 4.63. The highest BCUT2D eigenvalue weighted by molar-refractivity contribution is 6.32. The maximum Gasteiger partial charge on any atom is 0.305 e. The van der Waals surface area contributed by atoms with Crippen LogP contribution in [-0.4, -0.2) is 24.7 Å². The summed E-state index contributed by atoms with van der Waals surface area (Å²) in [6.45, 7) is 1.20. The van der Waals surface area contributed by atoms with Crippen LogP contribution < -0.4 is 5.32 Å². The largest absolute Gasteiger partial charge is 0.506 e. The fourth-order valence-corrected chi connectivity index (χ4v) is 1.58. The van der Waals surface area contributed by atoms with Gasteiger partial charge in [0.15, 0.2) is 0 Å². The maximum atomic E-state index is 10.8. The van der Waals surface area contributed by atoms with Crippen molar-refractivity contribution in [1.29, 1.82) is 0 Å². The van der Waals surface area contributed by atoms with Gasteiger partial charge in [-0.15, -0.1) is 0 Å². The van der Waals surface area contributed by atoms with Crippen molar-refractivity contribution in [3.8, 4) is 5.75 Å². The predicted molar refractivity (Wildman–Crippen MR) is 66.1 cm³/mol. The van der Waals surface area contributed by atoms with Gasteiger partial charge in [-0.2, -0.15) is 0 Å². The zero-order chi connectivity index (χ0) is 12.7. The Labute approximate surface area is 106 Å². The van der Waals surface area contributed by atoms with Gasteiger partial charge in [-0.1, -0.05) is 23.7 Å². The summed E-state index contributed by atoms with van der Waals surface area (Å²) in [6.07, 6.45) is 1.10. The molecule has 0 atom stereocenters. The average Bonchev–Trinajstić information content (AvgIpc) is 2.33. The molecule has 0 heterocycles. The van der Waals surface area contributed by atoms with E-state index in [0.717, 1.165) is 5.56 Å². The molecule has 94 valence electrons. The Morgan fingerprint density at radius 1 is 1.53 bits per heavy atom. The van der Waals surface area contributed by atoms with Crippen LogP contribution in [0.15, 0.2) is 18.2 Å². The molecule has 0 aliphatic rings. The molecule has 0 radical (unpaired) electrons. The first kappa shape index (κ1) is 13.8. The summed E-state index contributed by atoms with van der Waals surface area (Å²) in [7, 11) is 1.37. The van der Waals surface area contributed by atoms with Gasteiger partial charge in [-0.3, -0.25) is 4.79 Å². The number of aromatic hydroxyl groups is 1. The minimum atomic E-state index is -0.211. The molecule has 0 aliphatic heterocycles. The van der Waals surface area contributed by atoms with Gasteiger partial charge < -0.3 is 15.2 Å². The molecule has 2 N–H and O–H groups in total. The number of phenols is 1. The van der Waals surface area contributed by atoms with E-state index in [-0.39, 0.29) is 11.7 Å². The lowest BCUT2D eigenvalue weighted by molar-refractivity contribution is -0.140. The summed E-state index contributed by atoms with van der Waals surface area (Å²) < 4.78 is 4.53. The van der Waals surface area contributed by atoms with Crippen LogP contribution in [0.3, 0.4) is 0 Å². The summed E-state index contributed by atoms with van der Waals surface area (Å²) in [5.41, 5.74) is 0.746. The lowest BCUT2D eigenvalue weighted by Gasteiger charge is -2.07. The fraction of sp³-hybridized carbons (Fsp3) is 0.417. The van der Waals surface area contributed by atoms with Gasteiger partial charge in [-0.25, -0.2) is 0 Å². The first-order valence-electron chi connectivity index (χ1n) is 5.39. The van der Waals surface area contributed by atoms with Crippen LogP contribution in [0, 0.1) is 0 Å². The van der Waals surface area contributed by atoms with Crippen LogP contribution >= 0.6 is 11.6 Å². The van der Waals surface area contributed by atoms with Crippen molar-refractivity contribution >= 4 is 17.6 Å². The van der Waals surface area contributed by atoms with Crippen LogP contribution in [0.5, 0.6) is 5.75 Å². The van der Waals surface area contributed by atoms with Gasteiger partial charge >= 0.3 is 5.97 Å². The first-order valence-corrected chi connectivity index (χ1v) is 5.77. The molecule has 0 bridgehead atoms. The minimum Gasteiger partial charge on any atom is -0.506 e. The zero-order valence-electron chi connectivity index (χ0n) is 9.70. The van der Waals surface area contributed by atoms with Crippen molar-refractivity contribution in [3.05, 3.63) is 28.8 Å². The minimum absolute atomic E-state index is 0.106. The van der Waals surface area contributed by atoms with E-state index in [9.17, 15) is 9.90 Å². The van der Waals surface area contributed by atoms with Crippen molar-refractivity contribution in [2.75, 3.05) is 13.7 Å². The number of para-hydroxylation sites is 1. The molecule has 4 nitrogen and oxygen atoms in total. The molecule has 5 heteroatoms. The number of benzene rings is 1. The second-order valence-electron chi connectivity index (χ2n) is 3.60. The van der Waals surface area contributed by atoms with Gasteiger partial charge in [-0.05, 0) is 19.0 Å². The van der Waals surface area contributed by atoms with Crippen molar-refractivity contribution in [2.24, 2.45) is 0 Å². The van der Waals surface area contributed by atoms with Crippen LogP contribution in [0.4, 0.5) is 0 Å². The highest BCUT2D eigenvalue weighted by Crippen LogP contribution is 2.26. The SMILES string of the molecule is COC(=O)CCCNCc1cccc(Cl)c1O. The Kier molecular flexibility index (Phi) is 5.80. The molecule has 1 aromatic rings. The Morgan fingerprint density at radius 2 is 2.29 bits per heavy atom. The Morgan fingerprint density at radius 3 is 3.00 bits per heavy atom. The molecular formula is C12H16ClNO3. The van der Waals surface area contributed by atoms with Crippen LogP contribution in [0.2, 0.25) is 5.02 Å². The molecule has 1 rings (SSSR count). The third-order valence-electron chi connectivity index (χ3n) is 2.35. The monoisotopic (exact) mass is 257 g/mol. The molecule has 0 unspecified atom stereocenters. The number of halogens is 1.